The molecule has 0 saturated heterocycles. The zero-order valence-corrected chi connectivity index (χ0v) is 14.6. The van der Waals surface area contributed by atoms with Gasteiger partial charge in [-0.3, -0.25) is 4.79 Å². The SMILES string of the molecule is CCCCC(CCC)N(C(=O)CC)C(CCC)CCC. The maximum Gasteiger partial charge on any atom is 0.222 e. The summed E-state index contributed by atoms with van der Waals surface area (Å²) in [5.41, 5.74) is 0. The van der Waals surface area contributed by atoms with E-state index in [2.05, 4.69) is 32.6 Å². The monoisotopic (exact) mass is 283 g/mol. The summed E-state index contributed by atoms with van der Waals surface area (Å²) < 4.78 is 0. The van der Waals surface area contributed by atoms with Crippen molar-refractivity contribution in [2.75, 3.05) is 0 Å². The molecule has 0 aromatic rings. The summed E-state index contributed by atoms with van der Waals surface area (Å²) in [6, 6.07) is 0.932. The lowest BCUT2D eigenvalue weighted by molar-refractivity contribution is -0.136. The van der Waals surface area contributed by atoms with Crippen LogP contribution in [0, 0.1) is 0 Å². The van der Waals surface area contributed by atoms with E-state index in [1.54, 1.807) is 0 Å². The van der Waals surface area contributed by atoms with E-state index in [-0.39, 0.29) is 0 Å². The predicted molar refractivity (Wildman–Crippen MR) is 89.0 cm³/mol. The summed E-state index contributed by atoms with van der Waals surface area (Å²) in [5.74, 6) is 0.367. The second-order valence-electron chi connectivity index (χ2n) is 5.97. The largest absolute Gasteiger partial charge is 0.337 e. The number of amides is 1. The number of hydrogen-bond donors (Lipinski definition) is 0. The summed E-state index contributed by atoms with van der Waals surface area (Å²) in [4.78, 5) is 14.8. The molecule has 0 bridgehead atoms. The lowest BCUT2D eigenvalue weighted by atomic mass is 9.96. The van der Waals surface area contributed by atoms with Gasteiger partial charge in [-0.1, -0.05) is 66.7 Å². The average molecular weight is 284 g/mol. The molecule has 120 valence electrons. The van der Waals surface area contributed by atoms with Gasteiger partial charge in [-0.15, -0.1) is 0 Å². The van der Waals surface area contributed by atoms with E-state index in [1.165, 1.54) is 38.5 Å². The molecule has 0 aliphatic heterocycles. The first-order valence-electron chi connectivity index (χ1n) is 8.97. The first-order valence-corrected chi connectivity index (χ1v) is 8.97. The van der Waals surface area contributed by atoms with Crippen LogP contribution in [0.4, 0.5) is 0 Å². The van der Waals surface area contributed by atoms with Crippen LogP contribution in [-0.4, -0.2) is 22.9 Å². The van der Waals surface area contributed by atoms with Crippen molar-refractivity contribution >= 4 is 5.91 Å². The third-order valence-corrected chi connectivity index (χ3v) is 4.13. The van der Waals surface area contributed by atoms with Gasteiger partial charge in [0.05, 0.1) is 0 Å². The van der Waals surface area contributed by atoms with Crippen LogP contribution in [0.25, 0.3) is 0 Å². The molecular weight excluding hydrogens is 246 g/mol. The summed E-state index contributed by atoms with van der Waals surface area (Å²) >= 11 is 0. The molecule has 0 aromatic carbocycles. The Kier molecular flexibility index (Phi) is 11.9. The van der Waals surface area contributed by atoms with Crippen molar-refractivity contribution in [2.24, 2.45) is 0 Å². The molecule has 1 amide bonds. The van der Waals surface area contributed by atoms with Crippen LogP contribution in [0.2, 0.25) is 0 Å². The highest BCUT2D eigenvalue weighted by Crippen LogP contribution is 2.23. The topological polar surface area (TPSA) is 20.3 Å². The number of unbranched alkanes of at least 4 members (excludes halogenated alkanes) is 1. The normalized spacial score (nSPS) is 12.7. The van der Waals surface area contributed by atoms with E-state index in [9.17, 15) is 4.79 Å². The molecule has 0 radical (unpaired) electrons. The Labute approximate surface area is 127 Å². The van der Waals surface area contributed by atoms with Crippen LogP contribution >= 0.6 is 0 Å². The Bertz CT molecular complexity index is 234. The first-order chi connectivity index (χ1) is 9.65. The molecule has 0 saturated carbocycles. The van der Waals surface area contributed by atoms with Crippen LogP contribution in [0.1, 0.15) is 98.8 Å². The van der Waals surface area contributed by atoms with Crippen LogP contribution in [0.3, 0.4) is 0 Å². The lowest BCUT2D eigenvalue weighted by Crippen LogP contribution is -2.47. The highest BCUT2D eigenvalue weighted by Gasteiger charge is 2.27. The molecule has 2 heteroatoms. The zero-order chi connectivity index (χ0) is 15.4. The summed E-state index contributed by atoms with van der Waals surface area (Å²) in [6.07, 6.45) is 11.3. The second kappa shape index (κ2) is 12.2. The zero-order valence-electron chi connectivity index (χ0n) is 14.6. The van der Waals surface area contributed by atoms with Gasteiger partial charge in [-0.25, -0.2) is 0 Å². The molecule has 0 N–H and O–H groups in total. The highest BCUT2D eigenvalue weighted by atomic mass is 16.2. The maximum absolute atomic E-state index is 12.5. The fourth-order valence-corrected chi connectivity index (χ4v) is 3.17. The minimum atomic E-state index is 0.367. The highest BCUT2D eigenvalue weighted by molar-refractivity contribution is 5.76. The fraction of sp³-hybridized carbons (Fsp3) is 0.944. The third-order valence-electron chi connectivity index (χ3n) is 4.13. The Morgan fingerprint density at radius 2 is 1.20 bits per heavy atom. The fourth-order valence-electron chi connectivity index (χ4n) is 3.17. The standard InChI is InChI=1S/C18H37NO/c1-6-11-15-17(14-9-4)19(18(20)10-5)16(12-7-2)13-8-3/h16-17H,6-15H2,1-5H3. The molecule has 0 rings (SSSR count). The van der Waals surface area contributed by atoms with Crippen LogP contribution < -0.4 is 0 Å². The van der Waals surface area contributed by atoms with E-state index in [4.69, 9.17) is 0 Å². The van der Waals surface area contributed by atoms with Gasteiger partial charge in [-0.05, 0) is 25.7 Å². The molecule has 0 aliphatic rings. The van der Waals surface area contributed by atoms with Crippen molar-refractivity contribution in [3.63, 3.8) is 0 Å². The van der Waals surface area contributed by atoms with Gasteiger partial charge in [0, 0.05) is 18.5 Å². The van der Waals surface area contributed by atoms with Crippen molar-refractivity contribution < 1.29 is 4.79 Å². The Morgan fingerprint density at radius 3 is 1.55 bits per heavy atom. The summed E-state index contributed by atoms with van der Waals surface area (Å²) in [6.45, 7) is 11.0. The Balaban J connectivity index is 5.05. The molecule has 2 nitrogen and oxygen atoms in total. The van der Waals surface area contributed by atoms with Gasteiger partial charge in [0.25, 0.3) is 0 Å². The number of hydrogen-bond acceptors (Lipinski definition) is 1. The minimum absolute atomic E-state index is 0.367. The van der Waals surface area contributed by atoms with Gasteiger partial charge in [0.15, 0.2) is 0 Å². The molecule has 0 aliphatic carbocycles. The third kappa shape index (κ3) is 6.76. The molecular formula is C18H37NO. The van der Waals surface area contributed by atoms with E-state index < -0.39 is 0 Å². The number of carbonyl (C=O) groups excluding carboxylic acids is 1. The number of carbonyl (C=O) groups is 1. The van der Waals surface area contributed by atoms with E-state index in [0.29, 0.717) is 24.4 Å². The molecule has 1 atom stereocenters. The average Bonchev–Trinajstić information content (AvgIpc) is 2.45. The minimum Gasteiger partial charge on any atom is -0.337 e. The maximum atomic E-state index is 12.5. The van der Waals surface area contributed by atoms with Gasteiger partial charge in [-0.2, -0.15) is 0 Å². The van der Waals surface area contributed by atoms with Crippen molar-refractivity contribution in [1.29, 1.82) is 0 Å². The van der Waals surface area contributed by atoms with Crippen molar-refractivity contribution in [3.05, 3.63) is 0 Å². The van der Waals surface area contributed by atoms with E-state index in [1.807, 2.05) is 6.92 Å². The lowest BCUT2D eigenvalue weighted by Gasteiger charge is -2.39. The second-order valence-corrected chi connectivity index (χ2v) is 5.97. The van der Waals surface area contributed by atoms with Crippen molar-refractivity contribution in [3.8, 4) is 0 Å². The molecule has 1 unspecified atom stereocenters. The van der Waals surface area contributed by atoms with E-state index >= 15 is 0 Å². The Morgan fingerprint density at radius 1 is 0.750 bits per heavy atom. The van der Waals surface area contributed by atoms with Gasteiger partial charge < -0.3 is 4.90 Å². The molecule has 0 spiro atoms. The number of nitrogens with zero attached hydrogens (tertiary/aromatic N) is 1. The quantitative estimate of drug-likeness (QED) is 0.459. The smallest absolute Gasteiger partial charge is 0.222 e. The van der Waals surface area contributed by atoms with E-state index in [0.717, 1.165) is 19.3 Å². The van der Waals surface area contributed by atoms with Crippen LogP contribution in [0.15, 0.2) is 0 Å². The van der Waals surface area contributed by atoms with Crippen molar-refractivity contribution in [2.45, 2.75) is 111 Å². The predicted octanol–water partition coefficient (Wildman–Crippen LogP) is 5.55. The Hall–Kier alpha value is -0.530. The van der Waals surface area contributed by atoms with Gasteiger partial charge >= 0.3 is 0 Å². The van der Waals surface area contributed by atoms with Crippen LogP contribution in [0.5, 0.6) is 0 Å². The molecule has 0 heterocycles. The summed E-state index contributed by atoms with van der Waals surface area (Å²) in [7, 11) is 0. The molecule has 0 fully saturated rings. The first kappa shape index (κ1) is 19.5. The number of rotatable bonds is 12. The summed E-state index contributed by atoms with van der Waals surface area (Å²) in [5, 5.41) is 0. The van der Waals surface area contributed by atoms with Crippen LogP contribution in [-0.2, 0) is 4.79 Å². The molecule has 0 aromatic heterocycles. The molecule has 20 heavy (non-hydrogen) atoms. The van der Waals surface area contributed by atoms with Gasteiger partial charge in [0.2, 0.25) is 5.91 Å². The van der Waals surface area contributed by atoms with Crippen molar-refractivity contribution in [1.82, 2.24) is 4.90 Å². The van der Waals surface area contributed by atoms with Gasteiger partial charge in [0.1, 0.15) is 0 Å².